The summed E-state index contributed by atoms with van der Waals surface area (Å²) < 4.78 is 7.76. The van der Waals surface area contributed by atoms with Crippen LogP contribution in [0.2, 0.25) is 0 Å². The number of aromatic nitrogens is 2. The molecule has 0 aromatic carbocycles. The molecule has 1 fully saturated rings. The fraction of sp³-hybridized carbons (Fsp3) is 0.769. The molecule has 0 radical (unpaired) electrons. The first kappa shape index (κ1) is 13.5. The molecule has 1 aromatic heterocycles. The molecule has 0 spiro atoms. The predicted molar refractivity (Wildman–Crippen MR) is 71.3 cm³/mol. The molecule has 18 heavy (non-hydrogen) atoms. The van der Waals surface area contributed by atoms with E-state index in [4.69, 9.17) is 10.5 Å². The lowest BCUT2D eigenvalue weighted by Gasteiger charge is -2.37. The Kier molecular flexibility index (Phi) is 4.37. The standard InChI is InChI=1S/C13H24N4O/c1-4-17-12(5-10(2)15-17)7-16-8-13(6-14)18-9-11(16)3/h5,11,13H,4,6-9,14H2,1-3H3. The molecule has 0 amide bonds. The van der Waals surface area contributed by atoms with Crippen molar-refractivity contribution in [1.82, 2.24) is 14.7 Å². The highest BCUT2D eigenvalue weighted by atomic mass is 16.5. The number of nitrogens with zero attached hydrogens (tertiary/aromatic N) is 3. The lowest BCUT2D eigenvalue weighted by atomic mass is 10.2. The zero-order valence-electron chi connectivity index (χ0n) is 11.6. The van der Waals surface area contributed by atoms with Crippen LogP contribution in [0.5, 0.6) is 0 Å². The Labute approximate surface area is 109 Å². The molecular formula is C13H24N4O. The van der Waals surface area contributed by atoms with Crippen LogP contribution in [0.1, 0.15) is 25.2 Å². The second-order valence-electron chi connectivity index (χ2n) is 5.06. The van der Waals surface area contributed by atoms with Gasteiger partial charge in [-0.15, -0.1) is 0 Å². The van der Waals surface area contributed by atoms with Crippen molar-refractivity contribution in [3.8, 4) is 0 Å². The van der Waals surface area contributed by atoms with Crippen LogP contribution < -0.4 is 5.73 Å². The van der Waals surface area contributed by atoms with Crippen LogP contribution in [0, 0.1) is 6.92 Å². The van der Waals surface area contributed by atoms with Gasteiger partial charge < -0.3 is 10.5 Å². The summed E-state index contributed by atoms with van der Waals surface area (Å²) in [6.07, 6.45) is 0.167. The molecule has 2 N–H and O–H groups in total. The Morgan fingerprint density at radius 3 is 3.00 bits per heavy atom. The molecule has 0 aliphatic carbocycles. The van der Waals surface area contributed by atoms with Gasteiger partial charge in [-0.2, -0.15) is 5.10 Å². The monoisotopic (exact) mass is 252 g/mol. The minimum absolute atomic E-state index is 0.167. The summed E-state index contributed by atoms with van der Waals surface area (Å²) in [7, 11) is 0. The highest BCUT2D eigenvalue weighted by Gasteiger charge is 2.26. The van der Waals surface area contributed by atoms with Gasteiger partial charge in [0.1, 0.15) is 0 Å². The number of hydrogen-bond donors (Lipinski definition) is 1. The van der Waals surface area contributed by atoms with Gasteiger partial charge in [-0.3, -0.25) is 9.58 Å². The highest BCUT2D eigenvalue weighted by molar-refractivity contribution is 5.09. The number of morpholine rings is 1. The van der Waals surface area contributed by atoms with Crippen molar-refractivity contribution in [1.29, 1.82) is 0 Å². The average molecular weight is 252 g/mol. The maximum atomic E-state index is 5.70. The number of ether oxygens (including phenoxy) is 1. The van der Waals surface area contributed by atoms with Gasteiger partial charge in [0.2, 0.25) is 0 Å². The van der Waals surface area contributed by atoms with Crippen molar-refractivity contribution in [2.24, 2.45) is 5.73 Å². The molecule has 1 aliphatic heterocycles. The smallest absolute Gasteiger partial charge is 0.0824 e. The summed E-state index contributed by atoms with van der Waals surface area (Å²) in [6.45, 7) is 10.5. The molecular weight excluding hydrogens is 228 g/mol. The van der Waals surface area contributed by atoms with Crippen molar-refractivity contribution in [2.75, 3.05) is 19.7 Å². The fourth-order valence-electron chi connectivity index (χ4n) is 2.45. The third-order valence-electron chi connectivity index (χ3n) is 3.55. The third kappa shape index (κ3) is 2.91. The van der Waals surface area contributed by atoms with Gasteiger partial charge in [-0.1, -0.05) is 0 Å². The topological polar surface area (TPSA) is 56.3 Å². The van der Waals surface area contributed by atoms with E-state index in [0.29, 0.717) is 12.6 Å². The summed E-state index contributed by atoms with van der Waals surface area (Å²) in [5.41, 5.74) is 8.06. The van der Waals surface area contributed by atoms with E-state index in [1.54, 1.807) is 0 Å². The summed E-state index contributed by atoms with van der Waals surface area (Å²) in [5, 5.41) is 4.49. The molecule has 2 unspecified atom stereocenters. The summed E-state index contributed by atoms with van der Waals surface area (Å²) in [5.74, 6) is 0. The lowest BCUT2D eigenvalue weighted by molar-refractivity contribution is -0.0574. The van der Waals surface area contributed by atoms with Gasteiger partial charge in [0.25, 0.3) is 0 Å². The van der Waals surface area contributed by atoms with Gasteiger partial charge >= 0.3 is 0 Å². The van der Waals surface area contributed by atoms with E-state index in [0.717, 1.165) is 31.9 Å². The Morgan fingerprint density at radius 1 is 1.56 bits per heavy atom. The quantitative estimate of drug-likeness (QED) is 0.859. The first-order chi connectivity index (χ1) is 8.63. The molecule has 2 atom stereocenters. The second kappa shape index (κ2) is 5.82. The van der Waals surface area contributed by atoms with E-state index in [9.17, 15) is 0 Å². The van der Waals surface area contributed by atoms with Crippen molar-refractivity contribution in [2.45, 2.75) is 46.0 Å². The van der Waals surface area contributed by atoms with Gasteiger partial charge in [0, 0.05) is 32.2 Å². The largest absolute Gasteiger partial charge is 0.374 e. The van der Waals surface area contributed by atoms with Crippen LogP contribution in [0.3, 0.4) is 0 Å². The SMILES string of the molecule is CCn1nc(C)cc1CN1CC(CN)OCC1C. The van der Waals surface area contributed by atoms with Crippen molar-refractivity contribution in [3.05, 3.63) is 17.5 Å². The van der Waals surface area contributed by atoms with E-state index >= 15 is 0 Å². The van der Waals surface area contributed by atoms with Gasteiger partial charge in [0.05, 0.1) is 24.1 Å². The predicted octanol–water partition coefficient (Wildman–Crippen LogP) is 0.759. The lowest BCUT2D eigenvalue weighted by Crippen LogP contribution is -2.50. The summed E-state index contributed by atoms with van der Waals surface area (Å²) in [6, 6.07) is 2.61. The molecule has 5 nitrogen and oxygen atoms in total. The summed E-state index contributed by atoms with van der Waals surface area (Å²) in [4.78, 5) is 2.43. The zero-order valence-corrected chi connectivity index (χ0v) is 11.6. The number of rotatable bonds is 4. The Morgan fingerprint density at radius 2 is 2.33 bits per heavy atom. The van der Waals surface area contributed by atoms with Gasteiger partial charge in [-0.05, 0) is 26.8 Å². The molecule has 102 valence electrons. The molecule has 0 saturated carbocycles. The maximum absolute atomic E-state index is 5.70. The average Bonchev–Trinajstić information content (AvgIpc) is 2.72. The molecule has 0 bridgehead atoms. The van der Waals surface area contributed by atoms with Crippen LogP contribution in [-0.4, -0.2) is 46.5 Å². The van der Waals surface area contributed by atoms with Crippen molar-refractivity contribution in [3.63, 3.8) is 0 Å². The van der Waals surface area contributed by atoms with Crippen molar-refractivity contribution >= 4 is 0 Å². The number of aryl methyl sites for hydroxylation is 2. The highest BCUT2D eigenvalue weighted by Crippen LogP contribution is 2.16. The van der Waals surface area contributed by atoms with Crippen LogP contribution in [-0.2, 0) is 17.8 Å². The van der Waals surface area contributed by atoms with Crippen molar-refractivity contribution < 1.29 is 4.74 Å². The van der Waals surface area contributed by atoms with Crippen LogP contribution in [0.4, 0.5) is 0 Å². The number of hydrogen-bond acceptors (Lipinski definition) is 4. The van der Waals surface area contributed by atoms with E-state index < -0.39 is 0 Å². The van der Waals surface area contributed by atoms with E-state index in [2.05, 4.69) is 34.6 Å². The van der Waals surface area contributed by atoms with Crippen LogP contribution in [0.25, 0.3) is 0 Å². The minimum Gasteiger partial charge on any atom is -0.374 e. The minimum atomic E-state index is 0.167. The third-order valence-corrected chi connectivity index (χ3v) is 3.55. The van der Waals surface area contributed by atoms with Crippen LogP contribution >= 0.6 is 0 Å². The van der Waals surface area contributed by atoms with E-state index in [1.807, 2.05) is 6.92 Å². The molecule has 1 aliphatic rings. The van der Waals surface area contributed by atoms with Crippen LogP contribution in [0.15, 0.2) is 6.07 Å². The Balaban J connectivity index is 2.06. The van der Waals surface area contributed by atoms with Gasteiger partial charge in [-0.25, -0.2) is 0 Å². The summed E-state index contributed by atoms with van der Waals surface area (Å²) >= 11 is 0. The first-order valence-corrected chi connectivity index (χ1v) is 6.73. The van der Waals surface area contributed by atoms with E-state index in [-0.39, 0.29) is 6.10 Å². The fourth-order valence-corrected chi connectivity index (χ4v) is 2.45. The zero-order chi connectivity index (χ0) is 13.1. The second-order valence-corrected chi connectivity index (χ2v) is 5.06. The van der Waals surface area contributed by atoms with Gasteiger partial charge in [0.15, 0.2) is 0 Å². The molecule has 1 aromatic rings. The van der Waals surface area contributed by atoms with E-state index in [1.165, 1.54) is 5.69 Å². The first-order valence-electron chi connectivity index (χ1n) is 6.73. The molecule has 1 saturated heterocycles. The molecule has 2 heterocycles. The number of nitrogens with two attached hydrogens (primary N) is 1. The normalized spacial score (nSPS) is 25.6. The Hall–Kier alpha value is -0.910. The molecule has 2 rings (SSSR count). The maximum Gasteiger partial charge on any atom is 0.0824 e. The molecule has 5 heteroatoms. The Bertz CT molecular complexity index is 390.